The van der Waals surface area contributed by atoms with E-state index in [9.17, 15) is 0 Å². The molecule has 186 valence electrons. The third-order valence-electron chi connectivity index (χ3n) is 8.10. The summed E-state index contributed by atoms with van der Waals surface area (Å²) >= 11 is 19.5. The zero-order valence-electron chi connectivity index (χ0n) is 21.7. The molecule has 0 radical (unpaired) electrons. The van der Waals surface area contributed by atoms with E-state index in [2.05, 4.69) is 99.8 Å². The molecule has 5 rings (SSSR count). The molecule has 0 aromatic heterocycles. The minimum absolute atomic E-state index is 0.128. The number of rotatable bonds is 3. The van der Waals surface area contributed by atoms with Crippen LogP contribution in [0, 0.1) is 0 Å². The van der Waals surface area contributed by atoms with Crippen molar-refractivity contribution in [3.8, 4) is 0 Å². The molecular formula is C31H32Cl3N2+. The van der Waals surface area contributed by atoms with Crippen LogP contribution >= 0.6 is 34.8 Å². The number of hydrogen-bond acceptors (Lipinski definition) is 1. The van der Waals surface area contributed by atoms with E-state index in [0.29, 0.717) is 0 Å². The Morgan fingerprint density at radius 3 is 2.22 bits per heavy atom. The lowest BCUT2D eigenvalue weighted by atomic mass is 9.81. The van der Waals surface area contributed by atoms with Crippen LogP contribution in [0.3, 0.4) is 0 Å². The van der Waals surface area contributed by atoms with Crippen molar-refractivity contribution in [2.24, 2.45) is 0 Å². The van der Waals surface area contributed by atoms with E-state index < -0.39 is 0 Å². The molecule has 0 saturated heterocycles. The topological polar surface area (TPSA) is 6.25 Å². The fraction of sp³-hybridized carbons (Fsp3) is 0.323. The molecule has 2 aliphatic heterocycles. The Balaban J connectivity index is 1.43. The number of nitrogens with zero attached hydrogens (tertiary/aromatic N) is 2. The van der Waals surface area contributed by atoms with Gasteiger partial charge in [-0.1, -0.05) is 60.8 Å². The van der Waals surface area contributed by atoms with Crippen molar-refractivity contribution in [3.05, 3.63) is 104 Å². The maximum Gasteiger partial charge on any atom is 0.209 e. The minimum atomic E-state index is -0.128. The quantitative estimate of drug-likeness (QED) is 0.353. The van der Waals surface area contributed by atoms with Gasteiger partial charge < -0.3 is 4.90 Å². The zero-order valence-corrected chi connectivity index (χ0v) is 24.0. The summed E-state index contributed by atoms with van der Waals surface area (Å²) in [6, 6.07) is 12.3. The summed E-state index contributed by atoms with van der Waals surface area (Å²) in [4.78, 5) is 2.26. The van der Waals surface area contributed by atoms with Crippen molar-refractivity contribution in [2.75, 3.05) is 19.0 Å². The van der Waals surface area contributed by atoms with Crippen LogP contribution in [-0.4, -0.2) is 24.4 Å². The maximum absolute atomic E-state index is 6.91. The van der Waals surface area contributed by atoms with Crippen molar-refractivity contribution in [1.82, 2.24) is 0 Å². The first-order chi connectivity index (χ1) is 16.9. The molecule has 36 heavy (non-hydrogen) atoms. The number of likely N-dealkylation sites (N-methyl/N-ethyl adjacent to an activating group) is 1. The molecule has 0 spiro atoms. The number of halogens is 3. The van der Waals surface area contributed by atoms with Crippen LogP contribution in [0.1, 0.15) is 51.7 Å². The molecule has 2 heterocycles. The molecule has 1 aliphatic carbocycles. The maximum atomic E-state index is 6.91. The molecule has 2 aromatic carbocycles. The Bertz CT molecular complexity index is 1430. The lowest BCUT2D eigenvalue weighted by Crippen LogP contribution is -2.26. The van der Waals surface area contributed by atoms with E-state index in [1.165, 1.54) is 45.1 Å². The number of fused-ring (bicyclic) bond motifs is 2. The minimum Gasteiger partial charge on any atom is -0.347 e. The third-order valence-corrected chi connectivity index (χ3v) is 9.06. The fourth-order valence-corrected chi connectivity index (χ4v) is 6.64. The van der Waals surface area contributed by atoms with Gasteiger partial charge in [-0.25, -0.2) is 0 Å². The summed E-state index contributed by atoms with van der Waals surface area (Å²) < 4.78 is 2.26. The molecule has 0 fully saturated rings. The highest BCUT2D eigenvalue weighted by molar-refractivity contribution is 6.33. The number of allylic oxidation sites excluding steroid dienone is 8. The van der Waals surface area contributed by atoms with E-state index in [4.69, 9.17) is 34.8 Å². The molecule has 0 atom stereocenters. The van der Waals surface area contributed by atoms with E-state index in [-0.39, 0.29) is 10.8 Å². The van der Waals surface area contributed by atoms with E-state index in [1.807, 2.05) is 12.1 Å². The van der Waals surface area contributed by atoms with Gasteiger partial charge in [0.15, 0.2) is 5.71 Å². The molecular weight excluding hydrogens is 507 g/mol. The summed E-state index contributed by atoms with van der Waals surface area (Å²) in [5.41, 5.74) is 9.49. The van der Waals surface area contributed by atoms with Gasteiger partial charge in [0.1, 0.15) is 7.05 Å². The van der Waals surface area contributed by atoms with Gasteiger partial charge in [0.2, 0.25) is 5.69 Å². The fourth-order valence-electron chi connectivity index (χ4n) is 5.98. The molecule has 2 nitrogen and oxygen atoms in total. The van der Waals surface area contributed by atoms with Gasteiger partial charge in [-0.2, -0.15) is 4.58 Å². The van der Waals surface area contributed by atoms with Crippen molar-refractivity contribution in [2.45, 2.75) is 51.4 Å². The van der Waals surface area contributed by atoms with E-state index >= 15 is 0 Å². The molecule has 5 heteroatoms. The second kappa shape index (κ2) is 8.94. The summed E-state index contributed by atoms with van der Waals surface area (Å²) in [6.07, 6.45) is 10.7. The van der Waals surface area contributed by atoms with E-state index in [0.717, 1.165) is 27.9 Å². The average molecular weight is 539 g/mol. The average Bonchev–Trinajstić information content (AvgIpc) is 3.32. The lowest BCUT2D eigenvalue weighted by molar-refractivity contribution is -0.401. The number of hydrogen-bond donors (Lipinski definition) is 0. The van der Waals surface area contributed by atoms with Crippen LogP contribution in [0.4, 0.5) is 11.4 Å². The highest BCUT2D eigenvalue weighted by atomic mass is 35.5. The van der Waals surface area contributed by atoms with Crippen molar-refractivity contribution in [3.63, 3.8) is 0 Å². The Labute approximate surface area is 229 Å². The molecule has 0 saturated carbocycles. The molecule has 2 aromatic rings. The van der Waals surface area contributed by atoms with Crippen LogP contribution in [0.15, 0.2) is 82.6 Å². The first-order valence-corrected chi connectivity index (χ1v) is 13.5. The molecule has 0 bridgehead atoms. The summed E-state index contributed by atoms with van der Waals surface area (Å²) in [6.45, 7) is 8.99. The summed E-state index contributed by atoms with van der Waals surface area (Å²) in [7, 11) is 4.24. The Hall–Kier alpha value is -2.26. The zero-order chi connectivity index (χ0) is 26.0. The summed E-state index contributed by atoms with van der Waals surface area (Å²) in [5.74, 6) is 0. The van der Waals surface area contributed by atoms with Crippen LogP contribution in [-0.2, 0) is 10.8 Å². The third kappa shape index (κ3) is 3.99. The second-order valence-electron chi connectivity index (χ2n) is 11.0. The van der Waals surface area contributed by atoms with E-state index in [1.54, 1.807) is 0 Å². The molecule has 0 amide bonds. The summed E-state index contributed by atoms with van der Waals surface area (Å²) in [5, 5.41) is 2.41. The molecule has 3 aliphatic rings. The van der Waals surface area contributed by atoms with Crippen molar-refractivity contribution < 1.29 is 4.58 Å². The van der Waals surface area contributed by atoms with Crippen LogP contribution in [0.5, 0.6) is 0 Å². The van der Waals surface area contributed by atoms with Gasteiger partial charge in [0, 0.05) is 56.6 Å². The smallest absolute Gasteiger partial charge is 0.209 e. The van der Waals surface area contributed by atoms with Crippen LogP contribution in [0.2, 0.25) is 10.0 Å². The Morgan fingerprint density at radius 1 is 0.833 bits per heavy atom. The Morgan fingerprint density at radius 2 is 1.50 bits per heavy atom. The first-order valence-electron chi connectivity index (χ1n) is 12.4. The standard InChI is InChI=1S/C31H32Cl3N2/c1-30(2)23-17-21(32)11-13-25(23)35(5)27(30)15-9-19-7-8-20(29(19)34)10-16-28-31(3,4)24-18-22(33)12-14-26(24)36(28)6/h9-18H,7-8H2,1-6H3/q+1. The normalized spacial score (nSPS) is 22.5. The van der Waals surface area contributed by atoms with Gasteiger partial charge in [-0.3, -0.25) is 0 Å². The van der Waals surface area contributed by atoms with Gasteiger partial charge in [0.25, 0.3) is 0 Å². The number of benzene rings is 2. The predicted molar refractivity (Wildman–Crippen MR) is 156 cm³/mol. The predicted octanol–water partition coefficient (Wildman–Crippen LogP) is 9.08. The van der Waals surface area contributed by atoms with Crippen molar-refractivity contribution in [1.29, 1.82) is 0 Å². The van der Waals surface area contributed by atoms with Crippen LogP contribution in [0.25, 0.3) is 0 Å². The largest absolute Gasteiger partial charge is 0.347 e. The lowest BCUT2D eigenvalue weighted by Gasteiger charge is -2.23. The first kappa shape index (κ1) is 25.4. The second-order valence-corrected chi connectivity index (χ2v) is 12.2. The SMILES string of the molecule is CN1C(=CC=C2CCC(C=CC3=[N+](C)c4ccc(Cl)cc4C3(C)C)=C2Cl)C(C)(C)c2cc(Cl)ccc21. The van der Waals surface area contributed by atoms with Crippen molar-refractivity contribution >= 4 is 51.9 Å². The molecule has 0 N–H and O–H groups in total. The van der Waals surface area contributed by atoms with Gasteiger partial charge in [-0.05, 0) is 79.8 Å². The van der Waals surface area contributed by atoms with Gasteiger partial charge in [0.05, 0.1) is 5.41 Å². The van der Waals surface area contributed by atoms with Gasteiger partial charge in [-0.15, -0.1) is 0 Å². The van der Waals surface area contributed by atoms with Crippen LogP contribution < -0.4 is 4.90 Å². The Kier molecular flexibility index (Phi) is 6.31. The van der Waals surface area contributed by atoms with Gasteiger partial charge >= 0.3 is 0 Å². The molecule has 0 unspecified atom stereocenters. The monoisotopic (exact) mass is 537 g/mol. The highest BCUT2D eigenvalue weighted by Crippen LogP contribution is 2.48. The number of anilines is 1. The highest BCUT2D eigenvalue weighted by Gasteiger charge is 2.43.